The number of anilines is 1. The Kier molecular flexibility index (Phi) is 4.28. The van der Waals surface area contributed by atoms with Crippen molar-refractivity contribution >= 4 is 5.95 Å². The summed E-state index contributed by atoms with van der Waals surface area (Å²) >= 11 is 0. The molecule has 1 fully saturated rings. The molecule has 1 saturated heterocycles. The summed E-state index contributed by atoms with van der Waals surface area (Å²) in [7, 11) is 3.79. The Hall–Kier alpha value is -2.04. The molecule has 3 rings (SSSR count). The van der Waals surface area contributed by atoms with Gasteiger partial charge in [0.05, 0.1) is 13.2 Å². The summed E-state index contributed by atoms with van der Waals surface area (Å²) in [4.78, 5) is 2.39. The third-order valence-electron chi connectivity index (χ3n) is 4.77. The van der Waals surface area contributed by atoms with Crippen LogP contribution in [-0.4, -0.2) is 28.4 Å². The number of rotatable bonds is 3. The van der Waals surface area contributed by atoms with Gasteiger partial charge in [0.1, 0.15) is 11.6 Å². The second kappa shape index (κ2) is 6.11. The molecule has 0 radical (unpaired) electrons. The molecule has 0 saturated carbocycles. The highest BCUT2D eigenvalue weighted by Crippen LogP contribution is 2.39. The maximum absolute atomic E-state index is 5.40. The number of hydrogen-bond acceptors (Lipinski definition) is 4. The topological polar surface area (TPSA) is 43.2 Å². The van der Waals surface area contributed by atoms with Crippen LogP contribution in [0.4, 0.5) is 5.95 Å². The molecule has 2 unspecified atom stereocenters. The molecule has 2 atom stereocenters. The van der Waals surface area contributed by atoms with Crippen LogP contribution in [0, 0.1) is 5.92 Å². The van der Waals surface area contributed by atoms with Crippen LogP contribution >= 0.6 is 0 Å². The average Bonchev–Trinajstić information content (AvgIpc) is 3.09. The van der Waals surface area contributed by atoms with Crippen molar-refractivity contribution in [3.63, 3.8) is 0 Å². The zero-order valence-electron chi connectivity index (χ0n) is 15.6. The third-order valence-corrected chi connectivity index (χ3v) is 4.77. The van der Waals surface area contributed by atoms with Crippen LogP contribution in [0.2, 0.25) is 0 Å². The average molecular weight is 328 g/mol. The Morgan fingerprint density at radius 2 is 1.96 bits per heavy atom. The van der Waals surface area contributed by atoms with Crippen LogP contribution in [0.5, 0.6) is 5.75 Å². The zero-order valence-corrected chi connectivity index (χ0v) is 15.6. The van der Waals surface area contributed by atoms with Crippen LogP contribution in [0.1, 0.15) is 51.5 Å². The molecule has 0 spiro atoms. The number of aromatic nitrogens is 3. The van der Waals surface area contributed by atoms with Gasteiger partial charge in [-0.2, -0.15) is 0 Å². The second-order valence-corrected chi connectivity index (χ2v) is 7.92. The van der Waals surface area contributed by atoms with Crippen LogP contribution in [0.15, 0.2) is 24.3 Å². The van der Waals surface area contributed by atoms with Gasteiger partial charge in [-0.1, -0.05) is 39.8 Å². The van der Waals surface area contributed by atoms with E-state index in [0.717, 1.165) is 30.5 Å². The van der Waals surface area contributed by atoms with E-state index in [-0.39, 0.29) is 5.41 Å². The summed E-state index contributed by atoms with van der Waals surface area (Å²) in [5.41, 5.74) is 1.26. The Balaban J connectivity index is 1.98. The van der Waals surface area contributed by atoms with Gasteiger partial charge >= 0.3 is 0 Å². The lowest BCUT2D eigenvalue weighted by Crippen LogP contribution is -2.27. The smallest absolute Gasteiger partial charge is 0.227 e. The molecule has 0 aliphatic carbocycles. The van der Waals surface area contributed by atoms with Gasteiger partial charge in [-0.3, -0.25) is 4.57 Å². The third kappa shape index (κ3) is 2.99. The minimum atomic E-state index is -0.0171. The van der Waals surface area contributed by atoms with E-state index in [1.807, 2.05) is 6.07 Å². The normalized spacial score (nSPS) is 21.3. The summed E-state index contributed by atoms with van der Waals surface area (Å²) < 4.78 is 7.55. The summed E-state index contributed by atoms with van der Waals surface area (Å²) in [6, 6.07) is 8.68. The first kappa shape index (κ1) is 16.8. The Bertz CT molecular complexity index is 716. The standard InChI is InChI=1S/C19H28N4O/c1-13-10-16(14-8-7-9-15(11-14)24-6)23(12-13)18-21-20-17(22(18)5)19(2,3)4/h7-9,11,13,16H,10,12H2,1-6H3. The molecule has 5 heteroatoms. The summed E-state index contributed by atoms with van der Waals surface area (Å²) in [6.45, 7) is 9.82. The number of hydrogen-bond donors (Lipinski definition) is 0. The molecule has 1 aliphatic rings. The minimum Gasteiger partial charge on any atom is -0.497 e. The van der Waals surface area contributed by atoms with E-state index >= 15 is 0 Å². The van der Waals surface area contributed by atoms with E-state index in [2.05, 4.69) is 72.6 Å². The van der Waals surface area contributed by atoms with Gasteiger partial charge in [0, 0.05) is 19.0 Å². The van der Waals surface area contributed by atoms with Crippen molar-refractivity contribution in [2.75, 3.05) is 18.6 Å². The molecule has 2 aromatic rings. The van der Waals surface area contributed by atoms with Crippen LogP contribution < -0.4 is 9.64 Å². The van der Waals surface area contributed by atoms with Gasteiger partial charge in [-0.25, -0.2) is 0 Å². The van der Waals surface area contributed by atoms with Crippen molar-refractivity contribution in [2.24, 2.45) is 13.0 Å². The van der Waals surface area contributed by atoms with Crippen molar-refractivity contribution in [2.45, 2.75) is 45.6 Å². The first-order valence-electron chi connectivity index (χ1n) is 8.61. The molecule has 5 nitrogen and oxygen atoms in total. The highest BCUT2D eigenvalue weighted by Gasteiger charge is 2.35. The molecule has 1 aromatic carbocycles. The predicted octanol–water partition coefficient (Wildman–Crippen LogP) is 3.71. The van der Waals surface area contributed by atoms with Crippen molar-refractivity contribution in [1.29, 1.82) is 0 Å². The van der Waals surface area contributed by atoms with Gasteiger partial charge in [0.15, 0.2) is 0 Å². The van der Waals surface area contributed by atoms with Crippen molar-refractivity contribution in [1.82, 2.24) is 14.8 Å². The predicted molar refractivity (Wildman–Crippen MR) is 96.6 cm³/mol. The van der Waals surface area contributed by atoms with Gasteiger partial charge in [-0.15, -0.1) is 10.2 Å². The molecule has 130 valence electrons. The summed E-state index contributed by atoms with van der Waals surface area (Å²) in [5.74, 6) is 3.50. The van der Waals surface area contributed by atoms with Crippen molar-refractivity contribution < 1.29 is 4.74 Å². The number of ether oxygens (including phenoxy) is 1. The summed E-state index contributed by atoms with van der Waals surface area (Å²) in [6.07, 6.45) is 1.12. The lowest BCUT2D eigenvalue weighted by Gasteiger charge is -2.26. The minimum absolute atomic E-state index is 0.0171. The first-order valence-corrected chi connectivity index (χ1v) is 8.61. The molecule has 1 aliphatic heterocycles. The molecule has 2 heterocycles. The molecule has 1 aromatic heterocycles. The van der Waals surface area contributed by atoms with Crippen molar-refractivity contribution in [3.8, 4) is 5.75 Å². The molecular weight excluding hydrogens is 300 g/mol. The van der Waals surface area contributed by atoms with E-state index in [1.165, 1.54) is 5.56 Å². The maximum atomic E-state index is 5.40. The lowest BCUT2D eigenvalue weighted by molar-refractivity contribution is 0.413. The Labute approximate surface area is 144 Å². The van der Waals surface area contributed by atoms with Gasteiger partial charge in [-0.05, 0) is 30.0 Å². The number of methoxy groups -OCH3 is 1. The maximum Gasteiger partial charge on any atom is 0.227 e. The highest BCUT2D eigenvalue weighted by atomic mass is 16.5. The molecule has 0 amide bonds. The van der Waals surface area contributed by atoms with Gasteiger partial charge < -0.3 is 9.64 Å². The zero-order chi connectivity index (χ0) is 17.5. The van der Waals surface area contributed by atoms with Gasteiger partial charge in [0.2, 0.25) is 5.95 Å². The summed E-state index contributed by atoms with van der Waals surface area (Å²) in [5, 5.41) is 8.99. The number of nitrogens with zero attached hydrogens (tertiary/aromatic N) is 4. The SMILES string of the molecule is COc1cccc(C2CC(C)CN2c2nnc(C(C)(C)C)n2C)c1. The first-order chi connectivity index (χ1) is 11.3. The molecule has 24 heavy (non-hydrogen) atoms. The Morgan fingerprint density at radius 1 is 1.21 bits per heavy atom. The van der Waals surface area contributed by atoms with Gasteiger partial charge in [0.25, 0.3) is 0 Å². The van der Waals surface area contributed by atoms with E-state index in [1.54, 1.807) is 7.11 Å². The van der Waals surface area contributed by atoms with Crippen LogP contribution in [0.3, 0.4) is 0 Å². The molecule has 0 bridgehead atoms. The monoisotopic (exact) mass is 328 g/mol. The molecule has 0 N–H and O–H groups in total. The fourth-order valence-electron chi connectivity index (χ4n) is 3.66. The van der Waals surface area contributed by atoms with Crippen LogP contribution in [0.25, 0.3) is 0 Å². The van der Waals surface area contributed by atoms with E-state index in [9.17, 15) is 0 Å². The molecular formula is C19H28N4O. The van der Waals surface area contributed by atoms with E-state index in [0.29, 0.717) is 12.0 Å². The lowest BCUT2D eigenvalue weighted by atomic mass is 9.96. The second-order valence-electron chi connectivity index (χ2n) is 7.92. The van der Waals surface area contributed by atoms with Crippen LogP contribution in [-0.2, 0) is 12.5 Å². The number of benzene rings is 1. The Morgan fingerprint density at radius 3 is 2.58 bits per heavy atom. The van der Waals surface area contributed by atoms with E-state index in [4.69, 9.17) is 4.74 Å². The largest absolute Gasteiger partial charge is 0.497 e. The fourth-order valence-corrected chi connectivity index (χ4v) is 3.66. The fraction of sp³-hybridized carbons (Fsp3) is 0.579. The van der Waals surface area contributed by atoms with E-state index < -0.39 is 0 Å². The highest BCUT2D eigenvalue weighted by molar-refractivity contribution is 5.42. The quantitative estimate of drug-likeness (QED) is 0.861. The van der Waals surface area contributed by atoms with Crippen molar-refractivity contribution in [3.05, 3.63) is 35.7 Å².